The third kappa shape index (κ3) is 2.83. The molecule has 1 N–H and O–H groups in total. The van der Waals surface area contributed by atoms with Gasteiger partial charge >= 0.3 is 0 Å². The van der Waals surface area contributed by atoms with E-state index in [9.17, 15) is 5.11 Å². The lowest BCUT2D eigenvalue weighted by molar-refractivity contribution is 0.199. The average Bonchev–Trinajstić information content (AvgIpc) is 2.78. The molecule has 100 valence electrons. The van der Waals surface area contributed by atoms with E-state index < -0.39 is 6.10 Å². The maximum absolute atomic E-state index is 9.48. The van der Waals surface area contributed by atoms with Crippen LogP contribution < -0.4 is 4.90 Å². The van der Waals surface area contributed by atoms with Gasteiger partial charge in [0.25, 0.3) is 0 Å². The zero-order valence-electron chi connectivity index (χ0n) is 11.8. The Labute approximate surface area is 110 Å². The van der Waals surface area contributed by atoms with Gasteiger partial charge in [0.15, 0.2) is 0 Å². The van der Waals surface area contributed by atoms with Gasteiger partial charge in [0.1, 0.15) is 5.82 Å². The number of anilines is 1. The first kappa shape index (κ1) is 13.3. The lowest BCUT2D eigenvalue weighted by Crippen LogP contribution is -2.26. The van der Waals surface area contributed by atoms with Gasteiger partial charge in [-0.1, -0.05) is 26.8 Å². The molecular formula is C15H24N2O. The molecule has 1 aromatic heterocycles. The van der Waals surface area contributed by atoms with Crippen molar-refractivity contribution in [2.24, 2.45) is 11.3 Å². The molecule has 2 rings (SSSR count). The number of aliphatic hydroxyl groups is 1. The van der Waals surface area contributed by atoms with Gasteiger partial charge in [0.05, 0.1) is 6.10 Å². The summed E-state index contributed by atoms with van der Waals surface area (Å²) in [6.45, 7) is 10.9. The smallest absolute Gasteiger partial charge is 0.128 e. The fourth-order valence-electron chi connectivity index (χ4n) is 2.51. The number of hydrogen-bond acceptors (Lipinski definition) is 3. The Bertz CT molecular complexity index is 392. The average molecular weight is 248 g/mol. The number of pyridine rings is 1. The van der Waals surface area contributed by atoms with E-state index in [0.717, 1.165) is 30.4 Å². The summed E-state index contributed by atoms with van der Waals surface area (Å²) >= 11 is 0. The number of aliphatic hydroxyl groups excluding tert-OH is 1. The minimum atomic E-state index is -0.438. The largest absolute Gasteiger partial charge is 0.389 e. The van der Waals surface area contributed by atoms with Crippen LogP contribution >= 0.6 is 0 Å². The Morgan fingerprint density at radius 1 is 1.39 bits per heavy atom. The first-order valence-corrected chi connectivity index (χ1v) is 6.77. The number of nitrogens with zero attached hydrogens (tertiary/aromatic N) is 2. The number of aromatic nitrogens is 1. The van der Waals surface area contributed by atoms with Gasteiger partial charge in [0.2, 0.25) is 0 Å². The Morgan fingerprint density at radius 3 is 2.56 bits per heavy atom. The molecule has 0 aromatic carbocycles. The van der Waals surface area contributed by atoms with E-state index in [1.807, 2.05) is 12.1 Å². The fourth-order valence-corrected chi connectivity index (χ4v) is 2.51. The summed E-state index contributed by atoms with van der Waals surface area (Å²) in [5.74, 6) is 1.77. The van der Waals surface area contributed by atoms with Crippen LogP contribution in [0.2, 0.25) is 0 Å². The van der Waals surface area contributed by atoms with Crippen LogP contribution in [0.3, 0.4) is 0 Å². The molecule has 2 heterocycles. The molecule has 1 aliphatic rings. The van der Waals surface area contributed by atoms with E-state index in [1.165, 1.54) is 6.42 Å². The standard InChI is InChI=1S/C15H24N2O/c1-11(18)12-5-6-14(16-9-12)17-8-7-13(10-17)15(2,3)4/h5-6,9,11,13,18H,7-8,10H2,1-4H3/t11-,13?/m0/s1. The topological polar surface area (TPSA) is 36.4 Å². The van der Waals surface area contributed by atoms with Crippen molar-refractivity contribution in [1.82, 2.24) is 4.98 Å². The first-order chi connectivity index (χ1) is 8.38. The van der Waals surface area contributed by atoms with Crippen molar-refractivity contribution in [2.45, 2.75) is 40.2 Å². The van der Waals surface area contributed by atoms with E-state index in [2.05, 4.69) is 30.7 Å². The summed E-state index contributed by atoms with van der Waals surface area (Å²) in [7, 11) is 0. The summed E-state index contributed by atoms with van der Waals surface area (Å²) in [5.41, 5.74) is 1.25. The summed E-state index contributed by atoms with van der Waals surface area (Å²) < 4.78 is 0. The molecule has 18 heavy (non-hydrogen) atoms. The minimum absolute atomic E-state index is 0.369. The molecule has 0 aliphatic carbocycles. The molecule has 0 amide bonds. The molecule has 0 radical (unpaired) electrons. The van der Waals surface area contributed by atoms with Gasteiger partial charge in [-0.3, -0.25) is 0 Å². The second-order valence-electron chi connectivity index (χ2n) is 6.42. The molecule has 0 bridgehead atoms. The van der Waals surface area contributed by atoms with E-state index in [4.69, 9.17) is 0 Å². The predicted molar refractivity (Wildman–Crippen MR) is 74.6 cm³/mol. The highest BCUT2D eigenvalue weighted by Gasteiger charge is 2.32. The van der Waals surface area contributed by atoms with E-state index >= 15 is 0 Å². The predicted octanol–water partition coefficient (Wildman–Crippen LogP) is 3.01. The van der Waals surface area contributed by atoms with E-state index in [-0.39, 0.29) is 0 Å². The number of hydrogen-bond donors (Lipinski definition) is 1. The second-order valence-corrected chi connectivity index (χ2v) is 6.42. The van der Waals surface area contributed by atoms with Crippen LogP contribution in [0.1, 0.15) is 45.8 Å². The van der Waals surface area contributed by atoms with Crippen LogP contribution in [0.15, 0.2) is 18.3 Å². The highest BCUT2D eigenvalue weighted by atomic mass is 16.3. The van der Waals surface area contributed by atoms with Gasteiger partial charge in [0, 0.05) is 19.3 Å². The van der Waals surface area contributed by atoms with Gasteiger partial charge in [-0.25, -0.2) is 4.98 Å². The first-order valence-electron chi connectivity index (χ1n) is 6.77. The zero-order valence-corrected chi connectivity index (χ0v) is 11.8. The van der Waals surface area contributed by atoms with Crippen molar-refractivity contribution in [3.63, 3.8) is 0 Å². The van der Waals surface area contributed by atoms with Gasteiger partial charge in [-0.05, 0) is 36.3 Å². The highest BCUT2D eigenvalue weighted by molar-refractivity contribution is 5.41. The Hall–Kier alpha value is -1.09. The molecule has 2 atom stereocenters. The summed E-state index contributed by atoms with van der Waals surface area (Å²) in [4.78, 5) is 6.81. The molecule has 1 fully saturated rings. The molecule has 3 heteroatoms. The van der Waals surface area contributed by atoms with Crippen LogP contribution in [-0.4, -0.2) is 23.2 Å². The Balaban J connectivity index is 2.05. The van der Waals surface area contributed by atoms with Crippen molar-refractivity contribution in [3.8, 4) is 0 Å². The van der Waals surface area contributed by atoms with Crippen molar-refractivity contribution in [2.75, 3.05) is 18.0 Å². The molecule has 1 saturated heterocycles. The minimum Gasteiger partial charge on any atom is -0.389 e. The van der Waals surface area contributed by atoms with Crippen LogP contribution in [-0.2, 0) is 0 Å². The molecule has 0 saturated carbocycles. The molecule has 3 nitrogen and oxygen atoms in total. The zero-order chi connectivity index (χ0) is 13.3. The SMILES string of the molecule is C[C@H](O)c1ccc(N2CCC(C(C)(C)C)C2)nc1. The summed E-state index contributed by atoms with van der Waals surface area (Å²) in [5, 5.41) is 9.48. The molecule has 1 aliphatic heterocycles. The fraction of sp³-hybridized carbons (Fsp3) is 0.667. The van der Waals surface area contributed by atoms with Crippen LogP contribution in [0.5, 0.6) is 0 Å². The van der Waals surface area contributed by atoms with Crippen molar-refractivity contribution in [3.05, 3.63) is 23.9 Å². The van der Waals surface area contributed by atoms with Crippen molar-refractivity contribution >= 4 is 5.82 Å². The molecule has 0 spiro atoms. The lowest BCUT2D eigenvalue weighted by Gasteiger charge is -2.27. The van der Waals surface area contributed by atoms with Gasteiger partial charge < -0.3 is 10.0 Å². The quantitative estimate of drug-likeness (QED) is 0.874. The van der Waals surface area contributed by atoms with Crippen molar-refractivity contribution < 1.29 is 5.11 Å². The third-order valence-corrected chi connectivity index (χ3v) is 3.99. The highest BCUT2D eigenvalue weighted by Crippen LogP contribution is 2.35. The Kier molecular flexibility index (Phi) is 3.62. The summed E-state index contributed by atoms with van der Waals surface area (Å²) in [6.07, 6.45) is 2.58. The normalized spacial score (nSPS) is 22.3. The van der Waals surface area contributed by atoms with Crippen LogP contribution in [0, 0.1) is 11.3 Å². The molecular weight excluding hydrogens is 224 g/mol. The van der Waals surface area contributed by atoms with Crippen LogP contribution in [0.25, 0.3) is 0 Å². The maximum atomic E-state index is 9.48. The summed E-state index contributed by atoms with van der Waals surface area (Å²) in [6, 6.07) is 3.99. The van der Waals surface area contributed by atoms with E-state index in [1.54, 1.807) is 13.1 Å². The van der Waals surface area contributed by atoms with Crippen molar-refractivity contribution in [1.29, 1.82) is 0 Å². The monoisotopic (exact) mass is 248 g/mol. The maximum Gasteiger partial charge on any atom is 0.128 e. The van der Waals surface area contributed by atoms with E-state index in [0.29, 0.717) is 5.41 Å². The van der Waals surface area contributed by atoms with Crippen LogP contribution in [0.4, 0.5) is 5.82 Å². The number of rotatable bonds is 2. The Morgan fingerprint density at radius 2 is 2.11 bits per heavy atom. The molecule has 1 aromatic rings. The second kappa shape index (κ2) is 4.88. The van der Waals surface area contributed by atoms with Gasteiger partial charge in [-0.2, -0.15) is 0 Å². The lowest BCUT2D eigenvalue weighted by atomic mass is 9.80. The van der Waals surface area contributed by atoms with Gasteiger partial charge in [-0.15, -0.1) is 0 Å². The third-order valence-electron chi connectivity index (χ3n) is 3.99. The molecule has 1 unspecified atom stereocenters.